The van der Waals surface area contributed by atoms with Crippen molar-refractivity contribution in [3.05, 3.63) is 15.4 Å². The number of nitrogens with zero attached hydrogens (tertiary/aromatic N) is 1. The van der Waals surface area contributed by atoms with Gasteiger partial charge in [0.2, 0.25) is 4.80 Å². The van der Waals surface area contributed by atoms with Gasteiger partial charge in [-0.1, -0.05) is 0 Å². The standard InChI is InChI=1S/C14H21N3S.BrH/c1-8-12(17(16)13(15)18-8)14-5-9-2-10(6-14)4-11(3-9)7-14;/h9-11,15H,2-7,16H2,1H3;1H. The van der Waals surface area contributed by atoms with Gasteiger partial charge in [0.1, 0.15) is 0 Å². The minimum absolute atomic E-state index is 0. The second kappa shape index (κ2) is 4.35. The van der Waals surface area contributed by atoms with Crippen molar-refractivity contribution in [3.8, 4) is 0 Å². The Bertz CT molecular complexity index is 524. The summed E-state index contributed by atoms with van der Waals surface area (Å²) in [5.41, 5.74) is 1.63. The van der Waals surface area contributed by atoms with Crippen molar-refractivity contribution in [2.75, 3.05) is 5.84 Å². The van der Waals surface area contributed by atoms with Crippen LogP contribution in [0.4, 0.5) is 0 Å². The summed E-state index contributed by atoms with van der Waals surface area (Å²) < 4.78 is 1.69. The SMILES string of the molecule is Br.Cc1sc(=N)n(N)c1C12CC3CC(CC(C3)C1)C2. The molecule has 0 unspecified atom stereocenters. The van der Waals surface area contributed by atoms with Crippen LogP contribution in [0.15, 0.2) is 0 Å². The van der Waals surface area contributed by atoms with E-state index >= 15 is 0 Å². The molecule has 1 aromatic rings. The van der Waals surface area contributed by atoms with E-state index in [0.29, 0.717) is 10.2 Å². The number of halogens is 1. The summed E-state index contributed by atoms with van der Waals surface area (Å²) in [5, 5.41) is 7.95. The van der Waals surface area contributed by atoms with E-state index in [1.807, 2.05) is 0 Å². The quantitative estimate of drug-likeness (QED) is 0.756. The number of nitrogens with two attached hydrogens (primary N) is 1. The average Bonchev–Trinajstić information content (AvgIpc) is 2.51. The van der Waals surface area contributed by atoms with E-state index in [2.05, 4.69) is 6.92 Å². The van der Waals surface area contributed by atoms with Crippen molar-refractivity contribution in [3.63, 3.8) is 0 Å². The number of nitrogens with one attached hydrogen (secondary N) is 1. The third-order valence-corrected chi connectivity index (χ3v) is 6.47. The third kappa shape index (κ3) is 1.84. The van der Waals surface area contributed by atoms with Gasteiger partial charge in [0.15, 0.2) is 0 Å². The number of hydrogen-bond acceptors (Lipinski definition) is 3. The third-order valence-electron chi connectivity index (χ3n) is 5.58. The van der Waals surface area contributed by atoms with Crippen LogP contribution in [0.25, 0.3) is 0 Å². The Morgan fingerprint density at radius 2 is 1.63 bits per heavy atom. The number of rotatable bonds is 1. The fourth-order valence-corrected chi connectivity index (χ4v) is 6.43. The van der Waals surface area contributed by atoms with E-state index in [0.717, 1.165) is 17.8 Å². The molecule has 1 aromatic heterocycles. The minimum Gasteiger partial charge on any atom is -0.337 e. The van der Waals surface area contributed by atoms with E-state index in [-0.39, 0.29) is 17.0 Å². The zero-order chi connectivity index (χ0) is 12.5. The van der Waals surface area contributed by atoms with Crippen molar-refractivity contribution in [1.82, 2.24) is 4.68 Å². The lowest BCUT2D eigenvalue weighted by Gasteiger charge is -2.56. The largest absolute Gasteiger partial charge is 0.337 e. The molecular formula is C14H22BrN3S. The van der Waals surface area contributed by atoms with Crippen LogP contribution < -0.4 is 10.6 Å². The summed E-state index contributed by atoms with van der Waals surface area (Å²) in [4.78, 5) is 1.79. The molecule has 5 rings (SSSR count). The first kappa shape index (κ1) is 13.7. The summed E-state index contributed by atoms with van der Waals surface area (Å²) in [6, 6.07) is 0. The molecule has 0 radical (unpaired) electrons. The molecule has 0 saturated heterocycles. The van der Waals surface area contributed by atoms with Crippen LogP contribution in [-0.4, -0.2) is 4.68 Å². The van der Waals surface area contributed by atoms with Gasteiger partial charge < -0.3 is 5.84 Å². The molecule has 0 amide bonds. The molecule has 4 aliphatic rings. The fourth-order valence-electron chi connectivity index (χ4n) is 5.54. The van der Waals surface area contributed by atoms with Crippen LogP contribution in [-0.2, 0) is 5.41 Å². The van der Waals surface area contributed by atoms with E-state index in [1.165, 1.54) is 49.1 Å². The van der Waals surface area contributed by atoms with Crippen molar-refractivity contribution in [2.24, 2.45) is 17.8 Å². The van der Waals surface area contributed by atoms with Crippen LogP contribution in [0.1, 0.15) is 49.1 Å². The number of nitrogen functional groups attached to an aromatic ring is 1. The molecule has 106 valence electrons. The zero-order valence-corrected chi connectivity index (χ0v) is 13.8. The molecular weight excluding hydrogens is 322 g/mol. The first-order valence-electron chi connectivity index (χ1n) is 7.10. The first-order chi connectivity index (χ1) is 8.57. The zero-order valence-electron chi connectivity index (χ0n) is 11.3. The van der Waals surface area contributed by atoms with Crippen LogP contribution in [0, 0.1) is 30.1 Å². The monoisotopic (exact) mass is 343 g/mol. The molecule has 4 aliphatic carbocycles. The van der Waals surface area contributed by atoms with Gasteiger partial charge in [-0.3, -0.25) is 5.41 Å². The number of aromatic nitrogens is 1. The highest BCUT2D eigenvalue weighted by Gasteiger charge is 2.53. The lowest BCUT2D eigenvalue weighted by molar-refractivity contribution is -0.00854. The number of aryl methyl sites for hydroxylation is 1. The number of thiazole rings is 1. The average molecular weight is 344 g/mol. The van der Waals surface area contributed by atoms with E-state index < -0.39 is 0 Å². The van der Waals surface area contributed by atoms with Gasteiger partial charge in [-0.05, 0) is 63.2 Å². The highest BCUT2D eigenvalue weighted by molar-refractivity contribution is 8.93. The molecule has 0 atom stereocenters. The maximum absolute atomic E-state index is 7.95. The lowest BCUT2D eigenvalue weighted by atomic mass is 9.48. The number of hydrogen-bond donors (Lipinski definition) is 2. The summed E-state index contributed by atoms with van der Waals surface area (Å²) in [6.07, 6.45) is 8.36. The van der Waals surface area contributed by atoms with Gasteiger partial charge in [0.25, 0.3) is 0 Å². The topological polar surface area (TPSA) is 54.8 Å². The Labute approximate surface area is 128 Å². The molecule has 0 spiro atoms. The van der Waals surface area contributed by atoms with Gasteiger partial charge in [-0.25, -0.2) is 4.68 Å². The molecule has 3 nitrogen and oxygen atoms in total. The van der Waals surface area contributed by atoms with Gasteiger partial charge >= 0.3 is 0 Å². The van der Waals surface area contributed by atoms with E-state index in [9.17, 15) is 0 Å². The van der Waals surface area contributed by atoms with Crippen molar-refractivity contribution >= 4 is 28.3 Å². The Balaban J connectivity index is 0.00000110. The second-order valence-corrected chi connectivity index (χ2v) is 8.08. The van der Waals surface area contributed by atoms with Crippen molar-refractivity contribution in [2.45, 2.75) is 50.9 Å². The highest BCUT2D eigenvalue weighted by Crippen LogP contribution is 2.61. The molecule has 4 saturated carbocycles. The minimum atomic E-state index is 0. The maximum atomic E-state index is 7.95. The van der Waals surface area contributed by atoms with Crippen LogP contribution in [0.5, 0.6) is 0 Å². The first-order valence-corrected chi connectivity index (χ1v) is 7.92. The summed E-state index contributed by atoms with van der Waals surface area (Å²) in [6.45, 7) is 2.15. The van der Waals surface area contributed by atoms with Gasteiger partial charge in [-0.2, -0.15) is 0 Å². The predicted molar refractivity (Wildman–Crippen MR) is 83.2 cm³/mol. The highest BCUT2D eigenvalue weighted by atomic mass is 79.9. The summed E-state index contributed by atoms with van der Waals surface area (Å²) >= 11 is 1.55. The van der Waals surface area contributed by atoms with Crippen LogP contribution in [0.2, 0.25) is 0 Å². The molecule has 5 heteroatoms. The smallest absolute Gasteiger partial charge is 0.201 e. The predicted octanol–water partition coefficient (Wildman–Crippen LogP) is 3.10. The molecule has 0 aliphatic heterocycles. The van der Waals surface area contributed by atoms with Gasteiger partial charge in [0, 0.05) is 10.3 Å². The van der Waals surface area contributed by atoms with Crippen molar-refractivity contribution in [1.29, 1.82) is 5.41 Å². The van der Waals surface area contributed by atoms with Crippen LogP contribution >= 0.6 is 28.3 Å². The van der Waals surface area contributed by atoms with E-state index in [4.69, 9.17) is 11.3 Å². The maximum Gasteiger partial charge on any atom is 0.201 e. The lowest BCUT2D eigenvalue weighted by Crippen LogP contribution is -2.50. The van der Waals surface area contributed by atoms with Gasteiger partial charge in [0.05, 0.1) is 5.69 Å². The molecule has 4 fully saturated rings. The van der Waals surface area contributed by atoms with E-state index in [1.54, 1.807) is 16.0 Å². The Morgan fingerprint density at radius 1 is 1.16 bits per heavy atom. The Hall–Kier alpha value is -0.290. The molecule has 19 heavy (non-hydrogen) atoms. The second-order valence-electron chi connectivity index (χ2n) is 6.88. The van der Waals surface area contributed by atoms with Crippen LogP contribution in [0.3, 0.4) is 0 Å². The van der Waals surface area contributed by atoms with Gasteiger partial charge in [-0.15, -0.1) is 28.3 Å². The fraction of sp³-hybridized carbons (Fsp3) is 0.786. The molecule has 0 aromatic carbocycles. The Morgan fingerprint density at radius 3 is 2.00 bits per heavy atom. The van der Waals surface area contributed by atoms with Crippen molar-refractivity contribution < 1.29 is 0 Å². The Kier molecular flexibility index (Phi) is 3.13. The normalized spacial score (nSPS) is 39.3. The summed E-state index contributed by atoms with van der Waals surface area (Å²) in [5.74, 6) is 8.97. The molecule has 4 bridgehead atoms. The summed E-state index contributed by atoms with van der Waals surface area (Å²) in [7, 11) is 0. The molecule has 3 N–H and O–H groups in total. The molecule has 1 heterocycles.